The van der Waals surface area contributed by atoms with E-state index >= 15 is 0 Å². The SMILES string of the molecule is NC(c1ncccn1)C1CCOC1. The first-order valence-corrected chi connectivity index (χ1v) is 4.48. The monoisotopic (exact) mass is 179 g/mol. The van der Waals surface area contributed by atoms with Crippen molar-refractivity contribution >= 4 is 0 Å². The molecule has 1 aliphatic rings. The van der Waals surface area contributed by atoms with Gasteiger partial charge >= 0.3 is 0 Å². The van der Waals surface area contributed by atoms with Gasteiger partial charge in [0, 0.05) is 24.9 Å². The summed E-state index contributed by atoms with van der Waals surface area (Å²) in [4.78, 5) is 8.26. The Morgan fingerprint density at radius 1 is 1.46 bits per heavy atom. The fourth-order valence-electron chi connectivity index (χ4n) is 1.53. The minimum atomic E-state index is -0.0799. The van der Waals surface area contributed by atoms with Crippen LogP contribution in [0.2, 0.25) is 0 Å². The summed E-state index contributed by atoms with van der Waals surface area (Å²) in [6, 6.07) is 1.71. The first kappa shape index (κ1) is 8.59. The molecule has 0 aromatic carbocycles. The van der Waals surface area contributed by atoms with Crippen LogP contribution in [0, 0.1) is 5.92 Å². The van der Waals surface area contributed by atoms with E-state index in [2.05, 4.69) is 9.97 Å². The van der Waals surface area contributed by atoms with Crippen molar-refractivity contribution in [2.75, 3.05) is 13.2 Å². The highest BCUT2D eigenvalue weighted by molar-refractivity contribution is 4.97. The maximum absolute atomic E-state index is 6.00. The molecular weight excluding hydrogens is 166 g/mol. The molecule has 4 nitrogen and oxygen atoms in total. The summed E-state index contributed by atoms with van der Waals surface area (Å²) >= 11 is 0. The van der Waals surface area contributed by atoms with Gasteiger partial charge in [0.05, 0.1) is 12.6 Å². The lowest BCUT2D eigenvalue weighted by Gasteiger charge is -2.15. The van der Waals surface area contributed by atoms with Crippen molar-refractivity contribution in [1.82, 2.24) is 9.97 Å². The molecule has 2 rings (SSSR count). The molecule has 0 bridgehead atoms. The molecule has 4 heteroatoms. The van der Waals surface area contributed by atoms with Crippen LogP contribution in [0.4, 0.5) is 0 Å². The van der Waals surface area contributed by atoms with E-state index in [1.54, 1.807) is 18.5 Å². The second-order valence-electron chi connectivity index (χ2n) is 3.26. The molecule has 2 N–H and O–H groups in total. The second kappa shape index (κ2) is 3.81. The lowest BCUT2D eigenvalue weighted by Crippen LogP contribution is -2.23. The summed E-state index contributed by atoms with van der Waals surface area (Å²) in [6.45, 7) is 1.55. The zero-order valence-corrected chi connectivity index (χ0v) is 7.39. The number of rotatable bonds is 2. The normalized spacial score (nSPS) is 24.5. The van der Waals surface area contributed by atoms with Gasteiger partial charge < -0.3 is 10.5 Å². The molecule has 1 fully saturated rings. The summed E-state index contributed by atoms with van der Waals surface area (Å²) in [7, 11) is 0. The third-order valence-electron chi connectivity index (χ3n) is 2.36. The standard InChI is InChI=1S/C9H13N3O/c10-8(7-2-5-13-6-7)9-11-3-1-4-12-9/h1,3-4,7-8H,2,5-6,10H2. The molecule has 0 saturated carbocycles. The zero-order chi connectivity index (χ0) is 9.10. The van der Waals surface area contributed by atoms with E-state index in [1.807, 2.05) is 0 Å². The molecule has 2 heterocycles. The van der Waals surface area contributed by atoms with Crippen molar-refractivity contribution in [3.63, 3.8) is 0 Å². The third-order valence-corrected chi connectivity index (χ3v) is 2.36. The van der Waals surface area contributed by atoms with Crippen LogP contribution in [-0.2, 0) is 4.74 Å². The maximum atomic E-state index is 6.00. The molecule has 13 heavy (non-hydrogen) atoms. The molecule has 1 aliphatic heterocycles. The number of aromatic nitrogens is 2. The van der Waals surface area contributed by atoms with Crippen LogP contribution < -0.4 is 5.73 Å². The number of nitrogens with zero attached hydrogens (tertiary/aromatic N) is 2. The van der Waals surface area contributed by atoms with Gasteiger partial charge in [-0.05, 0) is 12.5 Å². The molecule has 2 atom stereocenters. The third kappa shape index (κ3) is 1.84. The first-order chi connectivity index (χ1) is 6.38. The fourth-order valence-corrected chi connectivity index (χ4v) is 1.53. The highest BCUT2D eigenvalue weighted by atomic mass is 16.5. The number of nitrogens with two attached hydrogens (primary N) is 1. The zero-order valence-electron chi connectivity index (χ0n) is 7.39. The average Bonchev–Trinajstić information content (AvgIpc) is 2.71. The van der Waals surface area contributed by atoms with Crippen LogP contribution >= 0.6 is 0 Å². The van der Waals surface area contributed by atoms with Gasteiger partial charge in [-0.15, -0.1) is 0 Å². The quantitative estimate of drug-likeness (QED) is 0.718. The predicted octanol–water partition coefficient (Wildman–Crippen LogP) is 0.513. The Bertz CT molecular complexity index is 259. The van der Waals surface area contributed by atoms with Gasteiger partial charge in [0.2, 0.25) is 0 Å². The van der Waals surface area contributed by atoms with Crippen LogP contribution in [0.3, 0.4) is 0 Å². The van der Waals surface area contributed by atoms with Crippen LogP contribution in [0.25, 0.3) is 0 Å². The number of hydrogen-bond acceptors (Lipinski definition) is 4. The van der Waals surface area contributed by atoms with Crippen molar-refractivity contribution in [1.29, 1.82) is 0 Å². The Balaban J connectivity index is 2.08. The van der Waals surface area contributed by atoms with Crippen molar-refractivity contribution in [3.8, 4) is 0 Å². The van der Waals surface area contributed by atoms with E-state index in [1.165, 1.54) is 0 Å². The average molecular weight is 179 g/mol. The van der Waals surface area contributed by atoms with E-state index in [0.717, 1.165) is 25.5 Å². The predicted molar refractivity (Wildman–Crippen MR) is 47.9 cm³/mol. The summed E-state index contributed by atoms with van der Waals surface area (Å²) in [5, 5.41) is 0. The lowest BCUT2D eigenvalue weighted by atomic mass is 9.99. The van der Waals surface area contributed by atoms with Crippen molar-refractivity contribution in [2.24, 2.45) is 11.7 Å². The minimum Gasteiger partial charge on any atom is -0.381 e. The first-order valence-electron chi connectivity index (χ1n) is 4.48. The summed E-state index contributed by atoms with van der Waals surface area (Å²) < 4.78 is 5.26. The van der Waals surface area contributed by atoms with Crippen LogP contribution in [0.1, 0.15) is 18.3 Å². The highest BCUT2D eigenvalue weighted by Crippen LogP contribution is 2.23. The lowest BCUT2D eigenvalue weighted by molar-refractivity contribution is 0.180. The second-order valence-corrected chi connectivity index (χ2v) is 3.26. The largest absolute Gasteiger partial charge is 0.381 e. The van der Waals surface area contributed by atoms with Crippen molar-refractivity contribution in [3.05, 3.63) is 24.3 Å². The van der Waals surface area contributed by atoms with Crippen LogP contribution in [0.15, 0.2) is 18.5 Å². The molecule has 1 aromatic rings. The van der Waals surface area contributed by atoms with Gasteiger partial charge in [0.1, 0.15) is 5.82 Å². The number of hydrogen-bond donors (Lipinski definition) is 1. The Morgan fingerprint density at radius 3 is 2.85 bits per heavy atom. The van der Waals surface area contributed by atoms with Gasteiger partial charge in [0.15, 0.2) is 0 Å². The van der Waals surface area contributed by atoms with Gasteiger partial charge in [-0.2, -0.15) is 0 Å². The smallest absolute Gasteiger partial charge is 0.145 e. The summed E-state index contributed by atoms with van der Waals surface area (Å²) in [5.74, 6) is 1.10. The van der Waals surface area contributed by atoms with Gasteiger partial charge in [0.25, 0.3) is 0 Å². The molecule has 2 unspecified atom stereocenters. The maximum Gasteiger partial charge on any atom is 0.145 e. The fraction of sp³-hybridized carbons (Fsp3) is 0.556. The van der Waals surface area contributed by atoms with E-state index in [0.29, 0.717) is 5.92 Å². The van der Waals surface area contributed by atoms with Crippen molar-refractivity contribution < 1.29 is 4.74 Å². The highest BCUT2D eigenvalue weighted by Gasteiger charge is 2.25. The van der Waals surface area contributed by atoms with E-state index in [9.17, 15) is 0 Å². The van der Waals surface area contributed by atoms with Gasteiger partial charge in [-0.25, -0.2) is 9.97 Å². The Hall–Kier alpha value is -1.00. The Morgan fingerprint density at radius 2 is 2.23 bits per heavy atom. The molecule has 1 aromatic heterocycles. The molecule has 0 aliphatic carbocycles. The van der Waals surface area contributed by atoms with E-state index in [4.69, 9.17) is 10.5 Å². The Kier molecular flexibility index (Phi) is 2.52. The molecule has 0 radical (unpaired) electrons. The Labute approximate surface area is 77.1 Å². The summed E-state index contributed by atoms with van der Waals surface area (Å²) in [6.07, 6.45) is 4.45. The summed E-state index contributed by atoms with van der Waals surface area (Å²) in [5.41, 5.74) is 6.00. The molecule has 0 amide bonds. The van der Waals surface area contributed by atoms with Crippen LogP contribution in [0.5, 0.6) is 0 Å². The minimum absolute atomic E-state index is 0.0799. The van der Waals surface area contributed by atoms with Gasteiger partial charge in [-0.1, -0.05) is 0 Å². The van der Waals surface area contributed by atoms with E-state index < -0.39 is 0 Å². The van der Waals surface area contributed by atoms with Crippen LogP contribution in [-0.4, -0.2) is 23.2 Å². The van der Waals surface area contributed by atoms with E-state index in [-0.39, 0.29) is 6.04 Å². The van der Waals surface area contributed by atoms with Gasteiger partial charge in [-0.3, -0.25) is 0 Å². The topological polar surface area (TPSA) is 61.0 Å². The molecule has 1 saturated heterocycles. The molecule has 0 spiro atoms. The van der Waals surface area contributed by atoms with Crippen molar-refractivity contribution in [2.45, 2.75) is 12.5 Å². The molecule has 70 valence electrons. The molecular formula is C9H13N3O. The number of ether oxygens (including phenoxy) is 1.